The zero-order valence-electron chi connectivity index (χ0n) is 10.7. The van der Waals surface area contributed by atoms with Gasteiger partial charge in [0.25, 0.3) is 10.1 Å². The summed E-state index contributed by atoms with van der Waals surface area (Å²) in [7, 11) is -3.62. The molecule has 5 heteroatoms. The second-order valence-corrected chi connectivity index (χ2v) is 6.45. The third kappa shape index (κ3) is 4.96. The SMILES string of the molecule is Cc1ccc(S(=O)(=O)OCC[C@@H](C)CCCl)cc1. The minimum Gasteiger partial charge on any atom is -0.266 e. The van der Waals surface area contributed by atoms with Gasteiger partial charge in [-0.15, -0.1) is 11.6 Å². The van der Waals surface area contributed by atoms with Crippen molar-refractivity contribution in [2.45, 2.75) is 31.6 Å². The van der Waals surface area contributed by atoms with E-state index in [1.165, 1.54) is 0 Å². The third-order valence-corrected chi connectivity index (χ3v) is 4.31. The van der Waals surface area contributed by atoms with Gasteiger partial charge < -0.3 is 0 Å². The smallest absolute Gasteiger partial charge is 0.266 e. The normalized spacial score (nSPS) is 13.5. The highest BCUT2D eigenvalue weighted by molar-refractivity contribution is 7.86. The Bertz CT molecular complexity index is 454. The molecule has 0 radical (unpaired) electrons. The van der Waals surface area contributed by atoms with Crippen LogP contribution in [0.2, 0.25) is 0 Å². The van der Waals surface area contributed by atoms with Crippen molar-refractivity contribution in [3.8, 4) is 0 Å². The van der Waals surface area contributed by atoms with Crippen molar-refractivity contribution in [2.75, 3.05) is 12.5 Å². The molecule has 0 N–H and O–H groups in total. The van der Waals surface area contributed by atoms with Gasteiger partial charge in [-0.1, -0.05) is 24.6 Å². The molecule has 0 aliphatic heterocycles. The summed E-state index contributed by atoms with van der Waals surface area (Å²) in [6, 6.07) is 6.64. The van der Waals surface area contributed by atoms with Crippen LogP contribution in [-0.4, -0.2) is 20.9 Å². The molecule has 0 bridgehead atoms. The Morgan fingerprint density at radius 3 is 2.39 bits per heavy atom. The maximum atomic E-state index is 11.8. The van der Waals surface area contributed by atoms with Crippen molar-refractivity contribution in [1.82, 2.24) is 0 Å². The van der Waals surface area contributed by atoms with Crippen molar-refractivity contribution in [3.05, 3.63) is 29.8 Å². The summed E-state index contributed by atoms with van der Waals surface area (Å²) in [6.07, 6.45) is 1.56. The van der Waals surface area contributed by atoms with Crippen molar-refractivity contribution in [2.24, 2.45) is 5.92 Å². The minimum absolute atomic E-state index is 0.203. The summed E-state index contributed by atoms with van der Waals surface area (Å²) in [5.74, 6) is 0.960. The zero-order valence-corrected chi connectivity index (χ0v) is 12.3. The fourth-order valence-corrected chi connectivity index (χ4v) is 2.76. The Labute approximate surface area is 114 Å². The third-order valence-electron chi connectivity index (χ3n) is 2.76. The predicted molar refractivity (Wildman–Crippen MR) is 73.4 cm³/mol. The number of benzene rings is 1. The van der Waals surface area contributed by atoms with E-state index in [1.807, 2.05) is 13.8 Å². The molecule has 1 rings (SSSR count). The number of rotatable bonds is 7. The van der Waals surface area contributed by atoms with Crippen molar-refractivity contribution >= 4 is 21.7 Å². The molecule has 0 heterocycles. The van der Waals surface area contributed by atoms with E-state index in [0.29, 0.717) is 18.2 Å². The van der Waals surface area contributed by atoms with Crippen molar-refractivity contribution in [3.63, 3.8) is 0 Å². The average molecular weight is 291 g/mol. The Morgan fingerprint density at radius 2 is 1.83 bits per heavy atom. The van der Waals surface area contributed by atoms with E-state index in [0.717, 1.165) is 12.0 Å². The molecule has 0 unspecified atom stereocenters. The Morgan fingerprint density at radius 1 is 1.22 bits per heavy atom. The number of hydrogen-bond donors (Lipinski definition) is 0. The average Bonchev–Trinajstić information content (AvgIpc) is 2.29. The van der Waals surface area contributed by atoms with Gasteiger partial charge >= 0.3 is 0 Å². The first kappa shape index (κ1) is 15.5. The molecule has 3 nitrogen and oxygen atoms in total. The first-order valence-corrected chi connectivity index (χ1v) is 7.92. The minimum atomic E-state index is -3.62. The quantitative estimate of drug-likeness (QED) is 0.571. The Hall–Kier alpha value is -0.580. The number of alkyl halides is 1. The van der Waals surface area contributed by atoms with Crippen LogP contribution in [-0.2, 0) is 14.3 Å². The van der Waals surface area contributed by atoms with Crippen LogP contribution in [0, 0.1) is 12.8 Å². The Kier molecular flexibility index (Phi) is 6.12. The summed E-state index contributed by atoms with van der Waals surface area (Å²) in [6.45, 7) is 4.14. The fourth-order valence-electron chi connectivity index (χ4n) is 1.46. The van der Waals surface area contributed by atoms with E-state index in [1.54, 1.807) is 24.3 Å². The van der Waals surface area contributed by atoms with Gasteiger partial charge in [-0.05, 0) is 37.8 Å². The molecule has 0 amide bonds. The molecule has 102 valence electrons. The molecule has 1 atom stereocenters. The molecule has 0 aliphatic rings. The van der Waals surface area contributed by atoms with E-state index in [2.05, 4.69) is 0 Å². The summed E-state index contributed by atoms with van der Waals surface area (Å²) in [4.78, 5) is 0.207. The zero-order chi connectivity index (χ0) is 13.6. The fraction of sp³-hybridized carbons (Fsp3) is 0.538. The van der Waals surface area contributed by atoms with Gasteiger partial charge in [0.05, 0.1) is 11.5 Å². The molecule has 1 aromatic carbocycles. The Balaban J connectivity index is 2.52. The van der Waals surface area contributed by atoms with Crippen LogP contribution in [0.4, 0.5) is 0 Å². The molecule has 18 heavy (non-hydrogen) atoms. The number of aryl methyl sites for hydroxylation is 1. The molecular weight excluding hydrogens is 272 g/mol. The first-order valence-electron chi connectivity index (χ1n) is 5.98. The predicted octanol–water partition coefficient (Wildman–Crippen LogP) is 3.36. The van der Waals surface area contributed by atoms with Gasteiger partial charge in [-0.3, -0.25) is 4.18 Å². The maximum absolute atomic E-state index is 11.8. The van der Waals surface area contributed by atoms with Gasteiger partial charge in [0.1, 0.15) is 0 Å². The van der Waals surface area contributed by atoms with Crippen molar-refractivity contribution in [1.29, 1.82) is 0 Å². The van der Waals surface area contributed by atoms with E-state index >= 15 is 0 Å². The van der Waals surface area contributed by atoms with Crippen LogP contribution in [0.15, 0.2) is 29.2 Å². The van der Waals surface area contributed by atoms with E-state index in [9.17, 15) is 8.42 Å². The van der Waals surface area contributed by atoms with Crippen LogP contribution in [0.1, 0.15) is 25.3 Å². The molecule has 0 aromatic heterocycles. The van der Waals surface area contributed by atoms with Crippen LogP contribution in [0.5, 0.6) is 0 Å². The largest absolute Gasteiger partial charge is 0.296 e. The molecule has 0 aliphatic carbocycles. The molecule has 0 saturated carbocycles. The molecule has 1 aromatic rings. The summed E-state index contributed by atoms with van der Waals surface area (Å²) in [5.41, 5.74) is 1.02. The summed E-state index contributed by atoms with van der Waals surface area (Å²) in [5, 5.41) is 0. The van der Waals surface area contributed by atoms with E-state index in [-0.39, 0.29) is 11.5 Å². The van der Waals surface area contributed by atoms with Crippen LogP contribution in [0.3, 0.4) is 0 Å². The lowest BCUT2D eigenvalue weighted by molar-refractivity contribution is 0.285. The highest BCUT2D eigenvalue weighted by Crippen LogP contribution is 2.15. The number of halogens is 1. The maximum Gasteiger partial charge on any atom is 0.296 e. The standard InChI is InChI=1S/C13H19ClO3S/c1-11-3-5-13(6-4-11)18(15,16)17-10-8-12(2)7-9-14/h3-6,12H,7-10H2,1-2H3/t12-/m0/s1. The van der Waals surface area contributed by atoms with E-state index in [4.69, 9.17) is 15.8 Å². The van der Waals surface area contributed by atoms with Gasteiger partial charge in [-0.2, -0.15) is 8.42 Å². The van der Waals surface area contributed by atoms with E-state index < -0.39 is 10.1 Å². The molecule has 0 spiro atoms. The lowest BCUT2D eigenvalue weighted by Crippen LogP contribution is -2.10. The topological polar surface area (TPSA) is 43.4 Å². The molecule has 0 fully saturated rings. The van der Waals surface area contributed by atoms with Gasteiger partial charge in [0, 0.05) is 5.88 Å². The van der Waals surface area contributed by atoms with Gasteiger partial charge in [0.15, 0.2) is 0 Å². The van der Waals surface area contributed by atoms with Crippen LogP contribution in [0.25, 0.3) is 0 Å². The lowest BCUT2D eigenvalue weighted by atomic mass is 10.1. The van der Waals surface area contributed by atoms with Gasteiger partial charge in [0.2, 0.25) is 0 Å². The second-order valence-electron chi connectivity index (χ2n) is 4.46. The molecular formula is C13H19ClO3S. The summed E-state index contributed by atoms with van der Waals surface area (Å²) < 4.78 is 28.7. The monoisotopic (exact) mass is 290 g/mol. The highest BCUT2D eigenvalue weighted by atomic mass is 35.5. The van der Waals surface area contributed by atoms with Crippen molar-refractivity contribution < 1.29 is 12.6 Å². The molecule has 0 saturated heterocycles. The van der Waals surface area contributed by atoms with Crippen LogP contribution >= 0.6 is 11.6 Å². The lowest BCUT2D eigenvalue weighted by Gasteiger charge is -2.10. The van der Waals surface area contributed by atoms with Crippen LogP contribution < -0.4 is 0 Å². The number of hydrogen-bond acceptors (Lipinski definition) is 3. The van der Waals surface area contributed by atoms with Gasteiger partial charge in [-0.25, -0.2) is 0 Å². The first-order chi connectivity index (χ1) is 8.45. The summed E-state index contributed by atoms with van der Waals surface area (Å²) >= 11 is 5.62. The second kappa shape index (κ2) is 7.12. The highest BCUT2D eigenvalue weighted by Gasteiger charge is 2.15.